The molecular weight excluding hydrogens is 154 g/mol. The van der Waals surface area contributed by atoms with Gasteiger partial charge in [0.05, 0.1) is 0 Å². The number of hydrogen-bond acceptors (Lipinski definition) is 2. The van der Waals surface area contributed by atoms with E-state index in [4.69, 9.17) is 0 Å². The lowest BCUT2D eigenvalue weighted by Gasteiger charge is -2.25. The molecule has 1 saturated heterocycles. The zero-order chi connectivity index (χ0) is 8.81. The molecule has 69 valence electrons. The molecule has 0 unspecified atom stereocenters. The number of carbonyl (C=O) groups excluding carboxylic acids is 1. The second kappa shape index (κ2) is 5.11. The van der Waals surface area contributed by atoms with Crippen molar-refractivity contribution in [2.75, 3.05) is 39.3 Å². The van der Waals surface area contributed by atoms with E-state index in [1.807, 2.05) is 0 Å². The molecule has 4 nitrogen and oxygen atoms in total. The molecule has 1 heterocycles. The number of hydrogen-bond donors (Lipinski definition) is 1. The quantitative estimate of drug-likeness (QED) is 0.593. The summed E-state index contributed by atoms with van der Waals surface area (Å²) in [7, 11) is 0. The topological polar surface area (TPSA) is 46.4 Å². The smallest absolute Gasteiger partial charge is 0.216 e. The summed E-state index contributed by atoms with van der Waals surface area (Å²) in [6.45, 7) is 7.23. The summed E-state index contributed by atoms with van der Waals surface area (Å²) in [6.07, 6.45) is 0. The van der Waals surface area contributed by atoms with Crippen molar-refractivity contribution in [1.29, 1.82) is 0 Å². The van der Waals surface area contributed by atoms with Gasteiger partial charge in [0.1, 0.15) is 0 Å². The van der Waals surface area contributed by atoms with E-state index in [1.165, 1.54) is 0 Å². The van der Waals surface area contributed by atoms with Crippen molar-refractivity contribution in [2.45, 2.75) is 6.92 Å². The molecule has 0 atom stereocenters. The minimum Gasteiger partial charge on any atom is -0.355 e. The van der Waals surface area contributed by atoms with E-state index < -0.39 is 0 Å². The Balaban J connectivity index is 2.01. The number of rotatable bonds is 3. The highest BCUT2D eigenvalue weighted by molar-refractivity contribution is 5.72. The monoisotopic (exact) mass is 170 g/mol. The van der Waals surface area contributed by atoms with Gasteiger partial charge in [0.15, 0.2) is 0 Å². The van der Waals surface area contributed by atoms with Crippen LogP contribution in [0.4, 0.5) is 0 Å². The Kier molecular flexibility index (Phi) is 4.04. The fourth-order valence-electron chi connectivity index (χ4n) is 1.26. The average Bonchev–Trinajstić information content (AvgIpc) is 2.05. The lowest BCUT2D eigenvalue weighted by Crippen LogP contribution is -2.43. The molecule has 0 saturated carbocycles. The van der Waals surface area contributed by atoms with Crippen LogP contribution in [0.5, 0.6) is 0 Å². The summed E-state index contributed by atoms with van der Waals surface area (Å²) in [6, 6.07) is 0. The van der Waals surface area contributed by atoms with Crippen molar-refractivity contribution in [3.63, 3.8) is 0 Å². The van der Waals surface area contributed by atoms with Crippen LogP contribution >= 0.6 is 0 Å². The second-order valence-corrected chi connectivity index (χ2v) is 3.00. The van der Waals surface area contributed by atoms with Gasteiger partial charge in [-0.15, -0.1) is 0 Å². The molecule has 1 N–H and O–H groups in total. The van der Waals surface area contributed by atoms with E-state index in [-0.39, 0.29) is 5.91 Å². The van der Waals surface area contributed by atoms with E-state index >= 15 is 0 Å². The van der Waals surface area contributed by atoms with Crippen LogP contribution in [0.2, 0.25) is 0 Å². The maximum absolute atomic E-state index is 10.5. The van der Waals surface area contributed by atoms with Gasteiger partial charge in [-0.2, -0.15) is 0 Å². The van der Waals surface area contributed by atoms with Gasteiger partial charge in [-0.1, -0.05) is 0 Å². The molecule has 0 aromatic rings. The van der Waals surface area contributed by atoms with Crippen molar-refractivity contribution in [3.8, 4) is 0 Å². The van der Waals surface area contributed by atoms with Crippen LogP contribution in [-0.4, -0.2) is 50.1 Å². The van der Waals surface area contributed by atoms with Gasteiger partial charge in [-0.3, -0.25) is 9.69 Å². The Morgan fingerprint density at radius 2 is 2.17 bits per heavy atom. The molecule has 1 fully saturated rings. The summed E-state index contributed by atoms with van der Waals surface area (Å²) in [5, 5.41) is 7.02. The first-order chi connectivity index (χ1) is 5.79. The normalized spacial score (nSPS) is 19.1. The van der Waals surface area contributed by atoms with E-state index in [0.717, 1.165) is 39.3 Å². The maximum Gasteiger partial charge on any atom is 0.216 e. The Labute approximate surface area is 73.3 Å². The Bertz CT molecular complexity index is 143. The highest BCUT2D eigenvalue weighted by atomic mass is 16.1. The third kappa shape index (κ3) is 3.69. The second-order valence-electron chi connectivity index (χ2n) is 3.00. The summed E-state index contributed by atoms with van der Waals surface area (Å²) >= 11 is 0. The molecular formula is C8H16N3O. The van der Waals surface area contributed by atoms with Gasteiger partial charge in [0.2, 0.25) is 5.91 Å². The van der Waals surface area contributed by atoms with Gasteiger partial charge < -0.3 is 5.32 Å². The van der Waals surface area contributed by atoms with E-state index in [9.17, 15) is 4.79 Å². The van der Waals surface area contributed by atoms with Crippen LogP contribution in [-0.2, 0) is 4.79 Å². The fourth-order valence-corrected chi connectivity index (χ4v) is 1.26. The van der Waals surface area contributed by atoms with Crippen LogP contribution in [0.1, 0.15) is 6.92 Å². The predicted molar refractivity (Wildman–Crippen MR) is 47.0 cm³/mol. The minimum absolute atomic E-state index is 0.0525. The van der Waals surface area contributed by atoms with E-state index in [1.54, 1.807) is 6.92 Å². The highest BCUT2D eigenvalue weighted by Crippen LogP contribution is 1.90. The third-order valence-electron chi connectivity index (χ3n) is 1.95. The summed E-state index contributed by atoms with van der Waals surface area (Å²) in [5.74, 6) is 0.0525. The van der Waals surface area contributed by atoms with E-state index in [2.05, 4.69) is 15.5 Å². The van der Waals surface area contributed by atoms with Gasteiger partial charge in [0, 0.05) is 46.2 Å². The molecule has 1 rings (SSSR count). The first-order valence-electron chi connectivity index (χ1n) is 4.39. The van der Waals surface area contributed by atoms with Crippen molar-refractivity contribution >= 4 is 5.91 Å². The SMILES string of the molecule is CC(=O)NCCN1CC[N]CC1. The third-order valence-corrected chi connectivity index (χ3v) is 1.95. The van der Waals surface area contributed by atoms with Crippen molar-refractivity contribution in [1.82, 2.24) is 15.5 Å². The standard InChI is InChI=1S/C8H16N3O/c1-8(12)10-4-7-11-5-2-9-3-6-11/h2-7H2,1H3,(H,10,12). The Morgan fingerprint density at radius 3 is 2.75 bits per heavy atom. The molecule has 0 bridgehead atoms. The molecule has 0 aromatic heterocycles. The van der Waals surface area contributed by atoms with Crippen LogP contribution in [0.3, 0.4) is 0 Å². The van der Waals surface area contributed by atoms with Gasteiger partial charge in [-0.05, 0) is 0 Å². The van der Waals surface area contributed by atoms with Crippen molar-refractivity contribution in [2.24, 2.45) is 0 Å². The van der Waals surface area contributed by atoms with E-state index in [0.29, 0.717) is 0 Å². The molecule has 1 radical (unpaired) electrons. The molecule has 0 aromatic carbocycles. The highest BCUT2D eigenvalue weighted by Gasteiger charge is 2.08. The molecule has 12 heavy (non-hydrogen) atoms. The van der Waals surface area contributed by atoms with Gasteiger partial charge in [0.25, 0.3) is 0 Å². The molecule has 0 spiro atoms. The van der Waals surface area contributed by atoms with Crippen molar-refractivity contribution in [3.05, 3.63) is 0 Å². The summed E-state index contributed by atoms with van der Waals surface area (Å²) in [4.78, 5) is 12.9. The number of piperazine rings is 1. The number of nitrogens with zero attached hydrogens (tertiary/aromatic N) is 2. The largest absolute Gasteiger partial charge is 0.355 e. The lowest BCUT2D eigenvalue weighted by atomic mass is 10.3. The fraction of sp³-hybridized carbons (Fsp3) is 0.875. The molecule has 1 aliphatic rings. The van der Waals surface area contributed by atoms with Gasteiger partial charge in [-0.25, -0.2) is 5.32 Å². The van der Waals surface area contributed by atoms with Crippen molar-refractivity contribution < 1.29 is 4.79 Å². The van der Waals surface area contributed by atoms with Crippen LogP contribution < -0.4 is 10.6 Å². The van der Waals surface area contributed by atoms with Crippen LogP contribution in [0.25, 0.3) is 0 Å². The summed E-state index contributed by atoms with van der Waals surface area (Å²) in [5.41, 5.74) is 0. The lowest BCUT2D eigenvalue weighted by molar-refractivity contribution is -0.119. The minimum atomic E-state index is 0.0525. The van der Waals surface area contributed by atoms with Crippen LogP contribution in [0, 0.1) is 0 Å². The Hall–Kier alpha value is -0.610. The predicted octanol–water partition coefficient (Wildman–Crippen LogP) is -0.957. The zero-order valence-electron chi connectivity index (χ0n) is 7.55. The maximum atomic E-state index is 10.5. The first-order valence-corrected chi connectivity index (χ1v) is 4.39. The first kappa shape index (κ1) is 9.48. The number of amides is 1. The number of carbonyl (C=O) groups is 1. The number of nitrogens with one attached hydrogen (secondary N) is 1. The Morgan fingerprint density at radius 1 is 1.50 bits per heavy atom. The molecule has 1 aliphatic heterocycles. The zero-order valence-corrected chi connectivity index (χ0v) is 7.55. The summed E-state index contributed by atoms with van der Waals surface area (Å²) < 4.78 is 0. The van der Waals surface area contributed by atoms with Gasteiger partial charge >= 0.3 is 0 Å². The molecule has 1 amide bonds. The molecule has 4 heteroatoms. The average molecular weight is 170 g/mol. The van der Waals surface area contributed by atoms with Crippen LogP contribution in [0.15, 0.2) is 0 Å². The molecule has 0 aliphatic carbocycles.